The van der Waals surface area contributed by atoms with Gasteiger partial charge in [-0.25, -0.2) is 0 Å². The summed E-state index contributed by atoms with van der Waals surface area (Å²) in [6, 6.07) is 0. The number of nitrogens with two attached hydrogens (primary N) is 1. The van der Waals surface area contributed by atoms with Crippen molar-refractivity contribution in [3.05, 3.63) is 0 Å². The molecular weight excluding hydrogens is 286 g/mol. The summed E-state index contributed by atoms with van der Waals surface area (Å²) in [5.74, 6) is 0.763. The van der Waals surface area contributed by atoms with Gasteiger partial charge in [-0.3, -0.25) is 15.6 Å². The lowest BCUT2D eigenvalue weighted by atomic mass is 10.3. The predicted molar refractivity (Wildman–Crippen MR) is 80.9 cm³/mol. The van der Waals surface area contributed by atoms with Gasteiger partial charge >= 0.3 is 5.96 Å². The fourth-order valence-electron chi connectivity index (χ4n) is 1.33. The maximum absolute atomic E-state index is 5.98. The molecule has 1 unspecified atom stereocenters. The Balaban J connectivity index is 0. The number of nitrogens with one attached hydrogen (secondary N) is 1. The predicted octanol–water partition coefficient (Wildman–Crippen LogP) is 2.36. The molecule has 1 atom stereocenters. The normalized spacial score (nSPS) is 13.8. The maximum Gasteiger partial charge on any atom is 0.344 e. The molecule has 0 heterocycles. The van der Waals surface area contributed by atoms with E-state index in [2.05, 4.69) is 36.4 Å². The SMILES string of the molecule is Br.CCCCN/C(N)=[N+](\CCCC)C(C)S. The Morgan fingerprint density at radius 1 is 1.31 bits per heavy atom. The van der Waals surface area contributed by atoms with Gasteiger partial charge in [-0.05, 0) is 19.8 Å². The van der Waals surface area contributed by atoms with E-state index in [9.17, 15) is 0 Å². The molecule has 0 bridgehead atoms. The first kappa shape index (κ1) is 18.5. The lowest BCUT2D eigenvalue weighted by molar-refractivity contribution is -0.541. The molecule has 16 heavy (non-hydrogen) atoms. The first-order valence-electron chi connectivity index (χ1n) is 5.94. The average Bonchev–Trinajstić information content (AvgIpc) is 2.18. The fraction of sp³-hybridized carbons (Fsp3) is 0.909. The standard InChI is InChI=1S/C11H25N3S.BrH/c1-4-6-8-13-11(12)14(10(3)15)9-7-5-2;/h10H,4-9H2,1-3H3,(H3,12,13,15);1H/p+1. The van der Waals surface area contributed by atoms with E-state index in [1.807, 2.05) is 6.92 Å². The molecule has 5 heteroatoms. The monoisotopic (exact) mass is 312 g/mol. The first-order chi connectivity index (χ1) is 7.13. The van der Waals surface area contributed by atoms with Crippen LogP contribution in [-0.4, -0.2) is 29.0 Å². The number of rotatable bonds is 7. The molecule has 98 valence electrons. The van der Waals surface area contributed by atoms with Crippen molar-refractivity contribution in [2.75, 3.05) is 13.1 Å². The van der Waals surface area contributed by atoms with Crippen LogP contribution in [0.4, 0.5) is 0 Å². The minimum absolute atomic E-state index is 0. The van der Waals surface area contributed by atoms with Gasteiger partial charge in [-0.1, -0.05) is 26.7 Å². The van der Waals surface area contributed by atoms with Crippen molar-refractivity contribution in [3.8, 4) is 0 Å². The number of guanidine groups is 1. The fourth-order valence-corrected chi connectivity index (χ4v) is 1.57. The molecule has 0 saturated carbocycles. The lowest BCUT2D eigenvalue weighted by Crippen LogP contribution is -2.43. The quantitative estimate of drug-likeness (QED) is 0.169. The van der Waals surface area contributed by atoms with Crippen LogP contribution in [0.15, 0.2) is 0 Å². The number of hydrogen-bond acceptors (Lipinski definition) is 1. The van der Waals surface area contributed by atoms with E-state index < -0.39 is 0 Å². The molecule has 0 aliphatic rings. The molecule has 0 rings (SSSR count). The van der Waals surface area contributed by atoms with Gasteiger partial charge in [0.05, 0.1) is 13.1 Å². The lowest BCUT2D eigenvalue weighted by Gasteiger charge is -2.14. The van der Waals surface area contributed by atoms with Crippen molar-refractivity contribution in [1.82, 2.24) is 5.32 Å². The van der Waals surface area contributed by atoms with Gasteiger partial charge in [0.15, 0.2) is 0 Å². The molecule has 0 amide bonds. The highest BCUT2D eigenvalue weighted by Gasteiger charge is 2.11. The number of halogens is 1. The van der Waals surface area contributed by atoms with Crippen LogP contribution in [0.2, 0.25) is 0 Å². The van der Waals surface area contributed by atoms with Crippen molar-refractivity contribution < 1.29 is 4.58 Å². The van der Waals surface area contributed by atoms with E-state index >= 15 is 0 Å². The van der Waals surface area contributed by atoms with Gasteiger partial charge in [0, 0.05) is 0 Å². The third-order valence-corrected chi connectivity index (χ3v) is 2.63. The van der Waals surface area contributed by atoms with Crippen LogP contribution in [0.3, 0.4) is 0 Å². The molecule has 0 radical (unpaired) electrons. The molecule has 3 nitrogen and oxygen atoms in total. The Bertz CT molecular complexity index is 196. The summed E-state index contributed by atoms with van der Waals surface area (Å²) < 4.78 is 2.11. The van der Waals surface area contributed by atoms with Crippen LogP contribution in [-0.2, 0) is 0 Å². The Labute approximate surface area is 116 Å². The van der Waals surface area contributed by atoms with Crippen LogP contribution in [0.5, 0.6) is 0 Å². The van der Waals surface area contributed by atoms with Gasteiger partial charge in [0.25, 0.3) is 0 Å². The molecule has 0 spiro atoms. The van der Waals surface area contributed by atoms with Gasteiger partial charge in [-0.2, -0.15) is 0 Å². The zero-order valence-electron chi connectivity index (χ0n) is 10.7. The summed E-state index contributed by atoms with van der Waals surface area (Å²) in [6.45, 7) is 8.33. The third kappa shape index (κ3) is 8.28. The van der Waals surface area contributed by atoms with Crippen LogP contribution in [0.1, 0.15) is 46.5 Å². The zero-order valence-corrected chi connectivity index (χ0v) is 13.3. The molecule has 0 fully saturated rings. The second-order valence-electron chi connectivity index (χ2n) is 3.84. The zero-order chi connectivity index (χ0) is 11.7. The molecule has 0 aromatic heterocycles. The number of thiol groups is 1. The van der Waals surface area contributed by atoms with E-state index in [1.54, 1.807) is 0 Å². The minimum atomic E-state index is 0. The van der Waals surface area contributed by atoms with Crippen LogP contribution in [0.25, 0.3) is 0 Å². The molecular formula is C11H27BrN3S+. The van der Waals surface area contributed by atoms with Gasteiger partial charge in [-0.15, -0.1) is 29.6 Å². The Hall–Kier alpha value is 0.1000. The number of unbranched alkanes of at least 4 members (excludes halogenated alkanes) is 2. The van der Waals surface area contributed by atoms with Crippen molar-refractivity contribution >= 4 is 35.6 Å². The summed E-state index contributed by atoms with van der Waals surface area (Å²) in [6.07, 6.45) is 4.68. The first-order valence-corrected chi connectivity index (χ1v) is 6.46. The number of hydrogen-bond donors (Lipinski definition) is 3. The molecule has 0 aliphatic carbocycles. The average molecular weight is 313 g/mol. The Kier molecular flexibility index (Phi) is 13.4. The Morgan fingerprint density at radius 3 is 2.31 bits per heavy atom. The second-order valence-corrected chi connectivity index (χ2v) is 4.59. The smallest absolute Gasteiger partial charge is 0.291 e. The van der Waals surface area contributed by atoms with Crippen molar-refractivity contribution in [3.63, 3.8) is 0 Å². The van der Waals surface area contributed by atoms with Gasteiger partial charge in [0.1, 0.15) is 5.37 Å². The van der Waals surface area contributed by atoms with Crippen LogP contribution in [0, 0.1) is 0 Å². The maximum atomic E-state index is 5.98. The topological polar surface area (TPSA) is 41.1 Å². The molecule has 0 aromatic carbocycles. The van der Waals surface area contributed by atoms with E-state index in [-0.39, 0.29) is 22.4 Å². The van der Waals surface area contributed by atoms with Crippen LogP contribution >= 0.6 is 29.6 Å². The van der Waals surface area contributed by atoms with Crippen molar-refractivity contribution in [2.45, 2.75) is 51.8 Å². The molecule has 0 aliphatic heterocycles. The van der Waals surface area contributed by atoms with Crippen molar-refractivity contribution in [1.29, 1.82) is 0 Å². The van der Waals surface area contributed by atoms with E-state index in [1.165, 1.54) is 12.8 Å². The highest BCUT2D eigenvalue weighted by atomic mass is 79.9. The summed E-state index contributed by atoms with van der Waals surface area (Å²) in [5, 5.41) is 3.42. The summed E-state index contributed by atoms with van der Waals surface area (Å²) in [5.41, 5.74) is 5.98. The minimum Gasteiger partial charge on any atom is -0.291 e. The van der Waals surface area contributed by atoms with Crippen LogP contribution < -0.4 is 11.1 Å². The van der Waals surface area contributed by atoms with E-state index in [0.717, 1.165) is 31.9 Å². The summed E-state index contributed by atoms with van der Waals surface area (Å²) in [4.78, 5) is 0. The van der Waals surface area contributed by atoms with Crippen molar-refractivity contribution in [2.24, 2.45) is 5.73 Å². The Morgan fingerprint density at radius 2 is 1.88 bits per heavy atom. The van der Waals surface area contributed by atoms with Gasteiger partial charge in [0.2, 0.25) is 0 Å². The second kappa shape index (κ2) is 11.6. The summed E-state index contributed by atoms with van der Waals surface area (Å²) in [7, 11) is 0. The highest BCUT2D eigenvalue weighted by molar-refractivity contribution is 8.93. The van der Waals surface area contributed by atoms with Gasteiger partial charge < -0.3 is 0 Å². The summed E-state index contributed by atoms with van der Waals surface area (Å²) >= 11 is 4.44. The highest BCUT2D eigenvalue weighted by Crippen LogP contribution is 1.98. The molecule has 3 N–H and O–H groups in total. The molecule has 0 saturated heterocycles. The largest absolute Gasteiger partial charge is 0.344 e. The number of nitrogens with zero attached hydrogens (tertiary/aromatic N) is 1. The van der Waals surface area contributed by atoms with E-state index in [4.69, 9.17) is 5.73 Å². The molecule has 0 aromatic rings. The van der Waals surface area contributed by atoms with E-state index in [0.29, 0.717) is 0 Å². The third-order valence-electron chi connectivity index (χ3n) is 2.35.